The summed E-state index contributed by atoms with van der Waals surface area (Å²) in [5, 5.41) is 19.3. The summed E-state index contributed by atoms with van der Waals surface area (Å²) in [6, 6.07) is 3.08. The van der Waals surface area contributed by atoms with E-state index < -0.39 is 5.54 Å². The van der Waals surface area contributed by atoms with Crippen molar-refractivity contribution in [3.05, 3.63) is 39.2 Å². The Balaban J connectivity index is 2.82. The molecule has 2 aromatic heterocycles. The van der Waals surface area contributed by atoms with Crippen molar-refractivity contribution in [3.63, 3.8) is 0 Å². The van der Waals surface area contributed by atoms with Gasteiger partial charge in [0.1, 0.15) is 5.65 Å². The lowest BCUT2D eigenvalue weighted by atomic mass is 10.0. The van der Waals surface area contributed by atoms with E-state index in [2.05, 4.69) is 20.9 Å². The molecule has 0 aliphatic rings. The molecule has 0 unspecified atom stereocenters. The summed E-state index contributed by atoms with van der Waals surface area (Å²) in [5.41, 5.74) is -0.600. The first kappa shape index (κ1) is 13.2. The van der Waals surface area contributed by atoms with E-state index in [4.69, 9.17) is 0 Å². The molecule has 0 bridgehead atoms. The molecule has 0 aliphatic heterocycles. The van der Waals surface area contributed by atoms with Crippen LogP contribution >= 0.6 is 15.9 Å². The minimum atomic E-state index is -0.896. The molecule has 6 heteroatoms. The van der Waals surface area contributed by atoms with Gasteiger partial charge in [0.05, 0.1) is 24.1 Å². The van der Waals surface area contributed by atoms with Gasteiger partial charge in [0.25, 0.3) is 0 Å². The van der Waals surface area contributed by atoms with E-state index in [1.54, 1.807) is 23.8 Å². The van der Waals surface area contributed by atoms with Crippen LogP contribution in [0.4, 0.5) is 0 Å². The Morgan fingerprint density at radius 2 is 2.11 bits per heavy atom. The lowest BCUT2D eigenvalue weighted by Gasteiger charge is -2.29. The molecule has 2 aromatic rings. The average Bonchev–Trinajstić information content (AvgIpc) is 2.39. The third-order valence-corrected chi connectivity index (χ3v) is 3.40. The fourth-order valence-electron chi connectivity index (χ4n) is 1.75. The SMILES string of the molecule is CC(CO)(CO)n1ccc(=O)c2cc(Br)cnc21. The molecule has 2 heterocycles. The molecule has 0 saturated carbocycles. The van der Waals surface area contributed by atoms with E-state index in [0.717, 1.165) is 0 Å². The molecular formula is C12H13BrN2O3. The van der Waals surface area contributed by atoms with Gasteiger partial charge in [-0.15, -0.1) is 0 Å². The number of rotatable bonds is 3. The second-order valence-corrected chi connectivity index (χ2v) is 5.30. The summed E-state index contributed by atoms with van der Waals surface area (Å²) in [5.74, 6) is 0. The van der Waals surface area contributed by atoms with Gasteiger partial charge in [0, 0.05) is 22.9 Å². The molecule has 0 atom stereocenters. The Bertz CT molecular complexity index is 635. The molecule has 0 fully saturated rings. The van der Waals surface area contributed by atoms with Crippen LogP contribution in [-0.4, -0.2) is 33.0 Å². The third-order valence-electron chi connectivity index (χ3n) is 2.96. The fourth-order valence-corrected chi connectivity index (χ4v) is 2.08. The summed E-state index contributed by atoms with van der Waals surface area (Å²) in [4.78, 5) is 16.0. The predicted molar refractivity (Wildman–Crippen MR) is 71.5 cm³/mol. The molecule has 0 spiro atoms. The second-order valence-electron chi connectivity index (χ2n) is 4.39. The number of aliphatic hydroxyl groups is 2. The van der Waals surface area contributed by atoms with Crippen LogP contribution in [0.3, 0.4) is 0 Å². The summed E-state index contributed by atoms with van der Waals surface area (Å²) < 4.78 is 2.33. The van der Waals surface area contributed by atoms with E-state index in [1.165, 1.54) is 12.3 Å². The number of halogens is 1. The highest BCUT2D eigenvalue weighted by Crippen LogP contribution is 2.21. The van der Waals surface area contributed by atoms with Gasteiger partial charge in [-0.25, -0.2) is 4.98 Å². The molecular weight excluding hydrogens is 300 g/mol. The Morgan fingerprint density at radius 1 is 1.44 bits per heavy atom. The second kappa shape index (κ2) is 4.79. The van der Waals surface area contributed by atoms with Crippen LogP contribution in [0.1, 0.15) is 6.92 Å². The highest BCUT2D eigenvalue weighted by atomic mass is 79.9. The fraction of sp³-hybridized carbons (Fsp3) is 0.333. The third kappa shape index (κ3) is 2.07. The Hall–Kier alpha value is -1.24. The quantitative estimate of drug-likeness (QED) is 0.881. The van der Waals surface area contributed by atoms with Crippen LogP contribution in [0, 0.1) is 0 Å². The van der Waals surface area contributed by atoms with Crippen molar-refractivity contribution in [2.24, 2.45) is 0 Å². The smallest absolute Gasteiger partial charge is 0.191 e. The van der Waals surface area contributed by atoms with Crippen LogP contribution in [0.2, 0.25) is 0 Å². The summed E-state index contributed by atoms with van der Waals surface area (Å²) in [6.45, 7) is 1.19. The average molecular weight is 313 g/mol. The van der Waals surface area contributed by atoms with E-state index in [9.17, 15) is 15.0 Å². The zero-order valence-corrected chi connectivity index (χ0v) is 11.4. The van der Waals surface area contributed by atoms with Gasteiger partial charge in [0.2, 0.25) is 0 Å². The van der Waals surface area contributed by atoms with Gasteiger partial charge in [-0.2, -0.15) is 0 Å². The maximum Gasteiger partial charge on any atom is 0.191 e. The van der Waals surface area contributed by atoms with Crippen molar-refractivity contribution in [1.29, 1.82) is 0 Å². The van der Waals surface area contributed by atoms with Gasteiger partial charge in [0.15, 0.2) is 5.43 Å². The first-order valence-corrected chi connectivity index (χ1v) is 6.20. The van der Waals surface area contributed by atoms with Gasteiger partial charge >= 0.3 is 0 Å². The topological polar surface area (TPSA) is 75.3 Å². The lowest BCUT2D eigenvalue weighted by Crippen LogP contribution is -2.39. The summed E-state index contributed by atoms with van der Waals surface area (Å²) in [7, 11) is 0. The van der Waals surface area contributed by atoms with Crippen molar-refractivity contribution in [1.82, 2.24) is 9.55 Å². The summed E-state index contributed by atoms with van der Waals surface area (Å²) >= 11 is 3.27. The van der Waals surface area contributed by atoms with Gasteiger partial charge in [-0.05, 0) is 28.9 Å². The highest BCUT2D eigenvalue weighted by Gasteiger charge is 2.26. The van der Waals surface area contributed by atoms with E-state index in [-0.39, 0.29) is 18.6 Å². The number of hydrogen-bond donors (Lipinski definition) is 2. The van der Waals surface area contributed by atoms with Crippen LogP contribution in [0.25, 0.3) is 11.0 Å². The molecule has 0 amide bonds. The molecule has 2 N–H and O–H groups in total. The van der Waals surface area contributed by atoms with Crippen molar-refractivity contribution in [2.75, 3.05) is 13.2 Å². The number of hydrogen-bond acceptors (Lipinski definition) is 4. The molecule has 0 radical (unpaired) electrons. The maximum absolute atomic E-state index is 11.8. The molecule has 2 rings (SSSR count). The first-order valence-electron chi connectivity index (χ1n) is 5.41. The van der Waals surface area contributed by atoms with E-state index in [0.29, 0.717) is 15.5 Å². The lowest BCUT2D eigenvalue weighted by molar-refractivity contribution is 0.0804. The zero-order chi connectivity index (χ0) is 13.3. The minimum absolute atomic E-state index is 0.145. The van der Waals surface area contributed by atoms with E-state index >= 15 is 0 Å². The van der Waals surface area contributed by atoms with Crippen LogP contribution in [0.5, 0.6) is 0 Å². The zero-order valence-electron chi connectivity index (χ0n) is 9.80. The van der Waals surface area contributed by atoms with Crippen molar-refractivity contribution in [2.45, 2.75) is 12.5 Å². The molecule has 0 aliphatic carbocycles. The standard InChI is InChI=1S/C12H13BrN2O3/c1-12(6-16,7-17)15-3-2-10(18)9-4-8(13)5-14-11(9)15/h2-5,16-17H,6-7H2,1H3. The van der Waals surface area contributed by atoms with Gasteiger partial charge < -0.3 is 14.8 Å². The number of fused-ring (bicyclic) bond motifs is 1. The Kier molecular flexibility index (Phi) is 3.52. The number of pyridine rings is 2. The van der Waals surface area contributed by atoms with Crippen molar-refractivity contribution in [3.8, 4) is 0 Å². The van der Waals surface area contributed by atoms with Gasteiger partial charge in [-0.3, -0.25) is 4.79 Å². The largest absolute Gasteiger partial charge is 0.394 e. The summed E-state index contributed by atoms with van der Waals surface area (Å²) in [6.07, 6.45) is 3.12. The normalized spacial score (nSPS) is 12.0. The predicted octanol–water partition coefficient (Wildman–Crippen LogP) is 0.859. The van der Waals surface area contributed by atoms with Crippen LogP contribution < -0.4 is 5.43 Å². The van der Waals surface area contributed by atoms with Gasteiger partial charge in [-0.1, -0.05) is 0 Å². The maximum atomic E-state index is 11.8. The first-order chi connectivity index (χ1) is 8.51. The Labute approximate surface area is 112 Å². The van der Waals surface area contributed by atoms with Crippen LogP contribution in [0.15, 0.2) is 33.8 Å². The molecule has 0 saturated heterocycles. The number of aliphatic hydroxyl groups excluding tert-OH is 2. The number of nitrogens with zero attached hydrogens (tertiary/aromatic N) is 2. The number of aromatic nitrogens is 2. The minimum Gasteiger partial charge on any atom is -0.394 e. The molecule has 96 valence electrons. The van der Waals surface area contributed by atoms with Crippen molar-refractivity contribution >= 4 is 27.0 Å². The monoisotopic (exact) mass is 312 g/mol. The molecule has 5 nitrogen and oxygen atoms in total. The van der Waals surface area contributed by atoms with Crippen molar-refractivity contribution < 1.29 is 10.2 Å². The Morgan fingerprint density at radius 3 is 2.72 bits per heavy atom. The highest BCUT2D eigenvalue weighted by molar-refractivity contribution is 9.10. The molecule has 0 aromatic carbocycles. The van der Waals surface area contributed by atoms with Crippen LogP contribution in [-0.2, 0) is 5.54 Å². The van der Waals surface area contributed by atoms with E-state index in [1.807, 2.05) is 0 Å². The molecule has 18 heavy (non-hydrogen) atoms.